The second kappa shape index (κ2) is 8.80. The summed E-state index contributed by atoms with van der Waals surface area (Å²) in [5.74, 6) is 1.08. The fraction of sp³-hybridized carbons (Fsp3) is 0.304. The highest BCUT2D eigenvalue weighted by Crippen LogP contribution is 2.29. The van der Waals surface area contributed by atoms with Crippen molar-refractivity contribution in [2.45, 2.75) is 13.1 Å². The Balaban J connectivity index is 1.33. The molecule has 164 valence electrons. The molecule has 4 heterocycles. The number of hydrogen-bond donors (Lipinski definition) is 2. The number of carbonyl (C=O) groups is 1. The average Bonchev–Trinajstić information content (AvgIpc) is 3.28. The third kappa shape index (κ3) is 4.06. The third-order valence-electron chi connectivity index (χ3n) is 5.80. The van der Waals surface area contributed by atoms with E-state index in [1.165, 1.54) is 11.1 Å². The molecule has 2 N–H and O–H groups in total. The van der Waals surface area contributed by atoms with E-state index >= 15 is 0 Å². The van der Waals surface area contributed by atoms with Gasteiger partial charge in [-0.3, -0.25) is 9.78 Å². The van der Waals surface area contributed by atoms with Crippen LogP contribution in [-0.2, 0) is 13.1 Å². The van der Waals surface area contributed by atoms with Crippen LogP contribution in [0.15, 0.2) is 48.9 Å². The molecule has 0 unspecified atom stereocenters. The summed E-state index contributed by atoms with van der Waals surface area (Å²) in [6, 6.07) is 9.61. The normalized spacial score (nSPS) is 15.4. The molecule has 1 saturated heterocycles. The molecule has 9 nitrogen and oxygen atoms in total. The monoisotopic (exact) mass is 431 g/mol. The van der Waals surface area contributed by atoms with Crippen molar-refractivity contribution >= 4 is 23.2 Å². The Labute approximate surface area is 186 Å². The number of amides is 1. The molecule has 2 aliphatic heterocycles. The van der Waals surface area contributed by atoms with E-state index in [2.05, 4.69) is 41.5 Å². The number of benzene rings is 1. The SMILES string of the molecule is COc1ccc2c(c1)CN(c1nccc(C(=O)Nc3cnccc3N3CCNCC3)n1)C2. The van der Waals surface area contributed by atoms with Crippen molar-refractivity contribution in [1.29, 1.82) is 0 Å². The molecule has 2 aliphatic rings. The Bertz CT molecular complexity index is 1130. The first-order valence-corrected chi connectivity index (χ1v) is 10.7. The highest BCUT2D eigenvalue weighted by molar-refractivity contribution is 6.04. The van der Waals surface area contributed by atoms with Gasteiger partial charge in [-0.25, -0.2) is 9.97 Å². The zero-order chi connectivity index (χ0) is 21.9. The van der Waals surface area contributed by atoms with Crippen LogP contribution in [0.1, 0.15) is 21.6 Å². The Morgan fingerprint density at radius 3 is 2.75 bits per heavy atom. The van der Waals surface area contributed by atoms with E-state index in [-0.39, 0.29) is 5.91 Å². The van der Waals surface area contributed by atoms with E-state index < -0.39 is 0 Å². The van der Waals surface area contributed by atoms with Crippen LogP contribution in [0.3, 0.4) is 0 Å². The number of pyridine rings is 1. The minimum Gasteiger partial charge on any atom is -0.497 e. The first-order valence-electron chi connectivity index (χ1n) is 10.7. The number of ether oxygens (including phenoxy) is 1. The Morgan fingerprint density at radius 2 is 1.91 bits per heavy atom. The topological polar surface area (TPSA) is 95.5 Å². The molecule has 2 aromatic heterocycles. The number of anilines is 3. The number of piperazine rings is 1. The molecule has 0 atom stereocenters. The van der Waals surface area contributed by atoms with Gasteiger partial charge in [-0.1, -0.05) is 6.07 Å². The number of hydrogen-bond acceptors (Lipinski definition) is 8. The summed E-state index contributed by atoms with van der Waals surface area (Å²) in [4.78, 5) is 30.5. The van der Waals surface area contributed by atoms with Gasteiger partial charge in [0.15, 0.2) is 0 Å². The quantitative estimate of drug-likeness (QED) is 0.634. The van der Waals surface area contributed by atoms with Crippen LogP contribution >= 0.6 is 0 Å². The molecule has 0 bridgehead atoms. The van der Waals surface area contributed by atoms with Crippen LogP contribution in [0.2, 0.25) is 0 Å². The summed E-state index contributed by atoms with van der Waals surface area (Å²) in [5.41, 5.74) is 4.35. The fourth-order valence-electron chi connectivity index (χ4n) is 4.12. The van der Waals surface area contributed by atoms with Crippen LogP contribution in [0, 0.1) is 0 Å². The highest BCUT2D eigenvalue weighted by Gasteiger charge is 2.23. The number of carbonyl (C=O) groups excluding carboxylic acids is 1. The maximum absolute atomic E-state index is 13.0. The Morgan fingerprint density at radius 1 is 1.06 bits per heavy atom. The molecule has 9 heteroatoms. The van der Waals surface area contributed by atoms with E-state index in [1.807, 2.05) is 18.2 Å². The number of methoxy groups -OCH3 is 1. The van der Waals surface area contributed by atoms with Gasteiger partial charge in [-0.05, 0) is 35.4 Å². The highest BCUT2D eigenvalue weighted by atomic mass is 16.5. The summed E-state index contributed by atoms with van der Waals surface area (Å²) in [6.07, 6.45) is 5.05. The largest absolute Gasteiger partial charge is 0.497 e. The molecular weight excluding hydrogens is 406 g/mol. The van der Waals surface area contributed by atoms with Crippen molar-refractivity contribution in [3.05, 3.63) is 65.7 Å². The lowest BCUT2D eigenvalue weighted by atomic mass is 10.1. The zero-order valence-corrected chi connectivity index (χ0v) is 17.9. The van der Waals surface area contributed by atoms with E-state index in [1.54, 1.807) is 31.8 Å². The summed E-state index contributed by atoms with van der Waals surface area (Å²) in [6.45, 7) is 4.95. The second-order valence-electron chi connectivity index (χ2n) is 7.82. The minimum atomic E-state index is -0.281. The van der Waals surface area contributed by atoms with Gasteiger partial charge in [0, 0.05) is 51.7 Å². The minimum absolute atomic E-state index is 0.281. The third-order valence-corrected chi connectivity index (χ3v) is 5.80. The molecule has 3 aromatic rings. The molecule has 0 radical (unpaired) electrons. The lowest BCUT2D eigenvalue weighted by Gasteiger charge is -2.30. The van der Waals surface area contributed by atoms with Gasteiger partial charge >= 0.3 is 0 Å². The molecule has 1 amide bonds. The van der Waals surface area contributed by atoms with E-state index in [0.29, 0.717) is 30.4 Å². The number of nitrogens with zero attached hydrogens (tertiary/aromatic N) is 5. The summed E-state index contributed by atoms with van der Waals surface area (Å²) < 4.78 is 5.33. The average molecular weight is 432 g/mol. The fourth-order valence-corrected chi connectivity index (χ4v) is 4.12. The van der Waals surface area contributed by atoms with E-state index in [0.717, 1.165) is 37.6 Å². The molecule has 0 saturated carbocycles. The van der Waals surface area contributed by atoms with E-state index in [4.69, 9.17) is 4.74 Å². The predicted octanol–water partition coefficient (Wildman–Crippen LogP) is 2.06. The first kappa shape index (κ1) is 20.2. The maximum atomic E-state index is 13.0. The number of nitrogens with one attached hydrogen (secondary N) is 2. The van der Waals surface area contributed by atoms with Crippen molar-refractivity contribution < 1.29 is 9.53 Å². The lowest BCUT2D eigenvalue weighted by Crippen LogP contribution is -2.43. The Hall–Kier alpha value is -3.72. The van der Waals surface area contributed by atoms with Crippen LogP contribution < -0.4 is 25.2 Å². The van der Waals surface area contributed by atoms with E-state index in [9.17, 15) is 4.79 Å². The molecular formula is C23H25N7O2. The smallest absolute Gasteiger partial charge is 0.274 e. The predicted molar refractivity (Wildman–Crippen MR) is 122 cm³/mol. The molecule has 1 aromatic carbocycles. The van der Waals surface area contributed by atoms with Crippen LogP contribution in [0.4, 0.5) is 17.3 Å². The summed E-state index contributed by atoms with van der Waals surface area (Å²) in [5, 5.41) is 6.33. The van der Waals surface area contributed by atoms with Gasteiger partial charge in [0.25, 0.3) is 5.91 Å². The molecule has 0 spiro atoms. The lowest BCUT2D eigenvalue weighted by molar-refractivity contribution is 0.102. The van der Waals surface area contributed by atoms with Crippen LogP contribution in [0.5, 0.6) is 5.75 Å². The zero-order valence-electron chi connectivity index (χ0n) is 17.9. The van der Waals surface area contributed by atoms with Gasteiger partial charge in [0.2, 0.25) is 5.95 Å². The van der Waals surface area contributed by atoms with Gasteiger partial charge < -0.3 is 25.2 Å². The molecule has 32 heavy (non-hydrogen) atoms. The second-order valence-corrected chi connectivity index (χ2v) is 7.82. The van der Waals surface area contributed by atoms with Crippen molar-refractivity contribution in [2.24, 2.45) is 0 Å². The van der Waals surface area contributed by atoms with Crippen molar-refractivity contribution in [3.8, 4) is 5.75 Å². The first-order chi connectivity index (χ1) is 15.7. The summed E-state index contributed by atoms with van der Waals surface area (Å²) in [7, 11) is 1.66. The number of rotatable bonds is 5. The Kier molecular flexibility index (Phi) is 5.55. The molecule has 5 rings (SSSR count). The standard InChI is InChI=1S/C23H25N7O2/c1-32-18-3-2-16-14-30(15-17(16)12-18)23-26-7-4-19(28-23)22(31)27-20-13-25-6-5-21(20)29-10-8-24-9-11-29/h2-7,12-13,24H,8-11,14-15H2,1H3,(H,27,31). The van der Waals surface area contributed by atoms with Crippen molar-refractivity contribution in [1.82, 2.24) is 20.3 Å². The van der Waals surface area contributed by atoms with Gasteiger partial charge in [-0.2, -0.15) is 0 Å². The van der Waals surface area contributed by atoms with Gasteiger partial charge in [-0.15, -0.1) is 0 Å². The van der Waals surface area contributed by atoms with Crippen molar-refractivity contribution in [3.63, 3.8) is 0 Å². The summed E-state index contributed by atoms with van der Waals surface area (Å²) >= 11 is 0. The number of fused-ring (bicyclic) bond motifs is 1. The number of aromatic nitrogens is 3. The van der Waals surface area contributed by atoms with Gasteiger partial charge in [0.1, 0.15) is 11.4 Å². The van der Waals surface area contributed by atoms with Crippen LogP contribution in [-0.4, -0.2) is 54.1 Å². The van der Waals surface area contributed by atoms with Crippen LogP contribution in [0.25, 0.3) is 0 Å². The molecule has 0 aliphatic carbocycles. The van der Waals surface area contributed by atoms with Crippen molar-refractivity contribution in [2.75, 3.05) is 48.4 Å². The maximum Gasteiger partial charge on any atom is 0.274 e. The van der Waals surface area contributed by atoms with Gasteiger partial charge in [0.05, 0.1) is 24.7 Å². The molecule has 1 fully saturated rings.